The molecule has 0 aliphatic rings. The topological polar surface area (TPSA) is 105 Å². The number of aromatic carboxylic acids is 1. The van der Waals surface area contributed by atoms with Gasteiger partial charge in [-0.3, -0.25) is 15.1 Å². The summed E-state index contributed by atoms with van der Waals surface area (Å²) < 4.78 is 4.81. The molecule has 0 saturated heterocycles. The zero-order valence-electron chi connectivity index (χ0n) is 9.38. The van der Waals surface area contributed by atoms with Crippen molar-refractivity contribution in [2.75, 3.05) is 5.32 Å². The SMILES string of the molecule is Cc1cc(NC(=O)c2ccncc2C(=O)O)on1. The summed E-state index contributed by atoms with van der Waals surface area (Å²) in [6, 6.07) is 2.85. The monoisotopic (exact) mass is 247 g/mol. The lowest BCUT2D eigenvalue weighted by molar-refractivity contribution is 0.0692. The van der Waals surface area contributed by atoms with E-state index in [4.69, 9.17) is 9.63 Å². The number of nitrogens with zero attached hydrogens (tertiary/aromatic N) is 2. The molecule has 7 nitrogen and oxygen atoms in total. The first kappa shape index (κ1) is 11.8. The van der Waals surface area contributed by atoms with Crippen LogP contribution in [0.25, 0.3) is 0 Å². The van der Waals surface area contributed by atoms with Gasteiger partial charge in [-0.1, -0.05) is 5.16 Å². The summed E-state index contributed by atoms with van der Waals surface area (Å²) in [7, 11) is 0. The molecule has 0 aromatic carbocycles. The first-order valence-electron chi connectivity index (χ1n) is 5.00. The molecule has 7 heteroatoms. The average Bonchev–Trinajstić information content (AvgIpc) is 2.74. The van der Waals surface area contributed by atoms with E-state index in [9.17, 15) is 9.59 Å². The molecule has 0 radical (unpaired) electrons. The van der Waals surface area contributed by atoms with Gasteiger partial charge in [0.15, 0.2) is 0 Å². The van der Waals surface area contributed by atoms with Crippen molar-refractivity contribution in [1.29, 1.82) is 0 Å². The summed E-state index contributed by atoms with van der Waals surface area (Å²) in [5, 5.41) is 14.9. The van der Waals surface area contributed by atoms with E-state index in [1.54, 1.807) is 6.92 Å². The highest BCUT2D eigenvalue weighted by Crippen LogP contribution is 2.13. The molecule has 0 aliphatic carbocycles. The van der Waals surface area contributed by atoms with Gasteiger partial charge in [0.25, 0.3) is 5.91 Å². The van der Waals surface area contributed by atoms with Crippen molar-refractivity contribution >= 4 is 17.8 Å². The van der Waals surface area contributed by atoms with Crippen LogP contribution in [0.2, 0.25) is 0 Å². The van der Waals surface area contributed by atoms with E-state index < -0.39 is 11.9 Å². The minimum atomic E-state index is -1.22. The maximum absolute atomic E-state index is 11.9. The minimum Gasteiger partial charge on any atom is -0.478 e. The van der Waals surface area contributed by atoms with Crippen molar-refractivity contribution in [3.05, 3.63) is 41.3 Å². The van der Waals surface area contributed by atoms with Crippen LogP contribution < -0.4 is 5.32 Å². The second-order valence-electron chi connectivity index (χ2n) is 3.51. The molecule has 0 fully saturated rings. The van der Waals surface area contributed by atoms with Gasteiger partial charge in [0.1, 0.15) is 0 Å². The van der Waals surface area contributed by atoms with Crippen LogP contribution in [-0.4, -0.2) is 27.1 Å². The van der Waals surface area contributed by atoms with Crippen LogP contribution in [0, 0.1) is 6.92 Å². The highest BCUT2D eigenvalue weighted by atomic mass is 16.5. The molecule has 2 heterocycles. The first-order valence-corrected chi connectivity index (χ1v) is 5.00. The van der Waals surface area contributed by atoms with E-state index in [2.05, 4.69) is 15.5 Å². The quantitative estimate of drug-likeness (QED) is 0.847. The molecule has 0 bridgehead atoms. The molecule has 2 aromatic heterocycles. The summed E-state index contributed by atoms with van der Waals surface area (Å²) in [6.45, 7) is 1.70. The number of anilines is 1. The lowest BCUT2D eigenvalue weighted by Crippen LogP contribution is -2.16. The molecule has 2 rings (SSSR count). The summed E-state index contributed by atoms with van der Waals surface area (Å²) in [5.74, 6) is -1.65. The zero-order chi connectivity index (χ0) is 13.1. The van der Waals surface area contributed by atoms with E-state index in [1.165, 1.54) is 18.3 Å². The number of nitrogens with one attached hydrogen (secondary N) is 1. The number of carboxylic acid groups (broad SMARTS) is 1. The number of rotatable bonds is 3. The van der Waals surface area contributed by atoms with Crippen molar-refractivity contribution in [3.63, 3.8) is 0 Å². The lowest BCUT2D eigenvalue weighted by Gasteiger charge is -2.03. The number of carbonyl (C=O) groups is 2. The van der Waals surface area contributed by atoms with E-state index in [0.717, 1.165) is 6.20 Å². The summed E-state index contributed by atoms with van der Waals surface area (Å²) in [6.07, 6.45) is 2.45. The van der Waals surface area contributed by atoms with Gasteiger partial charge in [-0.05, 0) is 13.0 Å². The normalized spacial score (nSPS) is 10.1. The number of amides is 1. The molecule has 2 aromatic rings. The van der Waals surface area contributed by atoms with Crippen molar-refractivity contribution in [1.82, 2.24) is 10.1 Å². The number of aryl methyl sites for hydroxylation is 1. The van der Waals surface area contributed by atoms with Crippen LogP contribution in [0.4, 0.5) is 5.88 Å². The Hall–Kier alpha value is -2.70. The van der Waals surface area contributed by atoms with Gasteiger partial charge < -0.3 is 9.63 Å². The standard InChI is InChI=1S/C11H9N3O4/c1-6-4-9(18-14-6)13-10(15)7-2-3-12-5-8(7)11(16)17/h2-5H,1H3,(H,13,15)(H,16,17). The first-order chi connectivity index (χ1) is 8.58. The molecule has 92 valence electrons. The number of carbonyl (C=O) groups excluding carboxylic acids is 1. The number of pyridine rings is 1. The van der Waals surface area contributed by atoms with Crippen molar-refractivity contribution in [2.45, 2.75) is 6.92 Å². The lowest BCUT2D eigenvalue weighted by atomic mass is 10.1. The molecule has 0 atom stereocenters. The highest BCUT2D eigenvalue weighted by molar-refractivity contribution is 6.10. The predicted molar refractivity (Wildman–Crippen MR) is 60.4 cm³/mol. The molecule has 1 amide bonds. The fourth-order valence-corrected chi connectivity index (χ4v) is 1.36. The Morgan fingerprint density at radius 2 is 2.17 bits per heavy atom. The second kappa shape index (κ2) is 4.66. The van der Waals surface area contributed by atoms with Crippen molar-refractivity contribution in [2.24, 2.45) is 0 Å². The third-order valence-corrected chi connectivity index (χ3v) is 2.16. The molecule has 0 saturated carbocycles. The third-order valence-electron chi connectivity index (χ3n) is 2.16. The minimum absolute atomic E-state index is 0.00607. The Labute approximate surface area is 101 Å². The Bertz CT molecular complexity index is 606. The molecule has 18 heavy (non-hydrogen) atoms. The fraction of sp³-hybridized carbons (Fsp3) is 0.0909. The van der Waals surface area contributed by atoms with Crippen LogP contribution in [0.15, 0.2) is 29.0 Å². The Balaban J connectivity index is 2.26. The van der Waals surface area contributed by atoms with Gasteiger partial charge in [0.05, 0.1) is 16.8 Å². The van der Waals surface area contributed by atoms with E-state index in [1.807, 2.05) is 0 Å². The Kier molecular flexibility index (Phi) is 3.05. The van der Waals surface area contributed by atoms with E-state index in [-0.39, 0.29) is 17.0 Å². The molecule has 2 N–H and O–H groups in total. The second-order valence-corrected chi connectivity index (χ2v) is 3.51. The van der Waals surface area contributed by atoms with Crippen LogP contribution in [-0.2, 0) is 0 Å². The summed E-state index contributed by atoms with van der Waals surface area (Å²) in [5.41, 5.74) is 0.441. The third kappa shape index (κ3) is 2.34. The number of hydrogen-bond donors (Lipinski definition) is 2. The van der Waals surface area contributed by atoms with Crippen LogP contribution in [0.5, 0.6) is 0 Å². The van der Waals surface area contributed by atoms with Gasteiger partial charge >= 0.3 is 5.97 Å². The van der Waals surface area contributed by atoms with E-state index >= 15 is 0 Å². The smallest absolute Gasteiger partial charge is 0.338 e. The number of carboxylic acids is 1. The fourth-order valence-electron chi connectivity index (χ4n) is 1.36. The van der Waals surface area contributed by atoms with Crippen molar-refractivity contribution in [3.8, 4) is 0 Å². The average molecular weight is 247 g/mol. The number of aromatic nitrogens is 2. The zero-order valence-corrected chi connectivity index (χ0v) is 9.38. The van der Waals surface area contributed by atoms with Gasteiger partial charge in [-0.15, -0.1) is 0 Å². The van der Waals surface area contributed by atoms with Crippen LogP contribution in [0.1, 0.15) is 26.4 Å². The van der Waals surface area contributed by atoms with Crippen molar-refractivity contribution < 1.29 is 19.2 Å². The Morgan fingerprint density at radius 1 is 1.39 bits per heavy atom. The molecular weight excluding hydrogens is 238 g/mol. The maximum atomic E-state index is 11.9. The highest BCUT2D eigenvalue weighted by Gasteiger charge is 2.17. The summed E-state index contributed by atoms with van der Waals surface area (Å²) >= 11 is 0. The summed E-state index contributed by atoms with van der Waals surface area (Å²) in [4.78, 5) is 26.4. The molecule has 0 unspecified atom stereocenters. The largest absolute Gasteiger partial charge is 0.478 e. The molecular formula is C11H9N3O4. The van der Waals surface area contributed by atoms with Crippen LogP contribution in [0.3, 0.4) is 0 Å². The van der Waals surface area contributed by atoms with E-state index in [0.29, 0.717) is 5.69 Å². The van der Waals surface area contributed by atoms with Gasteiger partial charge in [-0.25, -0.2) is 4.79 Å². The predicted octanol–water partition coefficient (Wildman–Crippen LogP) is 1.33. The van der Waals surface area contributed by atoms with Crippen LogP contribution >= 0.6 is 0 Å². The van der Waals surface area contributed by atoms with Gasteiger partial charge in [0, 0.05) is 18.5 Å². The molecule has 0 aliphatic heterocycles. The Morgan fingerprint density at radius 3 is 2.78 bits per heavy atom. The molecule has 0 spiro atoms. The van der Waals surface area contributed by atoms with Gasteiger partial charge in [-0.2, -0.15) is 0 Å². The van der Waals surface area contributed by atoms with Gasteiger partial charge in [0.2, 0.25) is 5.88 Å². The number of hydrogen-bond acceptors (Lipinski definition) is 5. The maximum Gasteiger partial charge on any atom is 0.338 e.